The van der Waals surface area contributed by atoms with Gasteiger partial charge in [-0.25, -0.2) is 14.8 Å². The van der Waals surface area contributed by atoms with Gasteiger partial charge in [0, 0.05) is 23.9 Å². The first kappa shape index (κ1) is 16.4. The third-order valence-electron chi connectivity index (χ3n) is 4.59. The fourth-order valence-corrected chi connectivity index (χ4v) is 3.35. The standard InChI is InChI=1S/C19H19N5O2/c20-9-4-10-24-17(19(25)26)14-8-7-13-11-21-18(12-5-2-1-3-6-12)22-15(13)16(14)23-24/h1-3,5-6,11H,4,7-10,20H2,(H,25,26). The Morgan fingerprint density at radius 3 is 2.73 bits per heavy atom. The van der Waals surface area contributed by atoms with Gasteiger partial charge in [-0.15, -0.1) is 0 Å². The number of carboxylic acid groups (broad SMARTS) is 1. The van der Waals surface area contributed by atoms with Gasteiger partial charge < -0.3 is 10.8 Å². The summed E-state index contributed by atoms with van der Waals surface area (Å²) >= 11 is 0. The maximum atomic E-state index is 11.8. The van der Waals surface area contributed by atoms with E-state index < -0.39 is 5.97 Å². The van der Waals surface area contributed by atoms with Gasteiger partial charge in [-0.05, 0) is 31.4 Å². The maximum absolute atomic E-state index is 11.8. The zero-order valence-electron chi connectivity index (χ0n) is 14.2. The highest BCUT2D eigenvalue weighted by molar-refractivity contribution is 5.90. The average molecular weight is 349 g/mol. The first-order valence-corrected chi connectivity index (χ1v) is 8.63. The van der Waals surface area contributed by atoms with Gasteiger partial charge >= 0.3 is 5.97 Å². The lowest BCUT2D eigenvalue weighted by molar-refractivity contribution is 0.0681. The van der Waals surface area contributed by atoms with E-state index in [-0.39, 0.29) is 5.69 Å². The van der Waals surface area contributed by atoms with Crippen molar-refractivity contribution in [2.45, 2.75) is 25.8 Å². The molecule has 0 saturated carbocycles. The minimum absolute atomic E-state index is 0.249. The molecule has 1 aliphatic rings. The summed E-state index contributed by atoms with van der Waals surface area (Å²) < 4.78 is 1.55. The number of fused-ring (bicyclic) bond motifs is 3. The van der Waals surface area contributed by atoms with Crippen molar-refractivity contribution in [2.24, 2.45) is 5.73 Å². The third kappa shape index (κ3) is 2.76. The zero-order valence-corrected chi connectivity index (χ0v) is 14.2. The van der Waals surface area contributed by atoms with Crippen LogP contribution in [-0.4, -0.2) is 37.4 Å². The van der Waals surface area contributed by atoms with E-state index in [0.717, 1.165) is 22.4 Å². The second-order valence-corrected chi connectivity index (χ2v) is 6.28. The van der Waals surface area contributed by atoms with Crippen LogP contribution in [0, 0.1) is 0 Å². The van der Waals surface area contributed by atoms with Crippen molar-refractivity contribution in [3.8, 4) is 22.8 Å². The summed E-state index contributed by atoms with van der Waals surface area (Å²) in [7, 11) is 0. The topological polar surface area (TPSA) is 107 Å². The lowest BCUT2D eigenvalue weighted by Crippen LogP contribution is -2.14. The molecule has 0 radical (unpaired) electrons. The van der Waals surface area contributed by atoms with Crippen molar-refractivity contribution in [1.82, 2.24) is 19.7 Å². The zero-order chi connectivity index (χ0) is 18.1. The maximum Gasteiger partial charge on any atom is 0.354 e. The number of hydrogen-bond donors (Lipinski definition) is 2. The Labute approximate surface area is 150 Å². The van der Waals surface area contributed by atoms with E-state index in [4.69, 9.17) is 10.7 Å². The highest BCUT2D eigenvalue weighted by atomic mass is 16.4. The second kappa shape index (κ2) is 6.68. The predicted octanol–water partition coefficient (Wildman–Crippen LogP) is 2.15. The van der Waals surface area contributed by atoms with E-state index >= 15 is 0 Å². The van der Waals surface area contributed by atoms with Crippen molar-refractivity contribution in [3.05, 3.63) is 53.3 Å². The molecule has 0 fully saturated rings. The largest absolute Gasteiger partial charge is 0.477 e. The van der Waals surface area contributed by atoms with E-state index in [2.05, 4.69) is 10.1 Å². The van der Waals surface area contributed by atoms with E-state index in [9.17, 15) is 9.90 Å². The number of aromatic nitrogens is 4. The smallest absolute Gasteiger partial charge is 0.354 e. The molecular weight excluding hydrogens is 330 g/mol. The molecule has 7 heteroatoms. The van der Waals surface area contributed by atoms with Gasteiger partial charge in [0.05, 0.1) is 5.69 Å². The number of aryl methyl sites for hydroxylation is 2. The highest BCUT2D eigenvalue weighted by Crippen LogP contribution is 2.34. The first-order valence-electron chi connectivity index (χ1n) is 8.63. The van der Waals surface area contributed by atoms with Crippen molar-refractivity contribution >= 4 is 5.97 Å². The Hall–Kier alpha value is -3.06. The molecule has 2 heterocycles. The number of aromatic carboxylic acids is 1. The van der Waals surface area contributed by atoms with Crippen LogP contribution in [0.5, 0.6) is 0 Å². The molecule has 0 atom stereocenters. The van der Waals surface area contributed by atoms with Crippen molar-refractivity contribution in [2.75, 3.05) is 6.54 Å². The van der Waals surface area contributed by atoms with Crippen LogP contribution in [0.25, 0.3) is 22.8 Å². The Balaban J connectivity index is 1.84. The van der Waals surface area contributed by atoms with Crippen LogP contribution in [0.4, 0.5) is 0 Å². The summed E-state index contributed by atoms with van der Waals surface area (Å²) in [6.07, 6.45) is 3.83. The molecular formula is C19H19N5O2. The summed E-state index contributed by atoms with van der Waals surface area (Å²) in [5.41, 5.74) is 9.88. The van der Waals surface area contributed by atoms with E-state index in [1.54, 1.807) is 4.68 Å². The van der Waals surface area contributed by atoms with Crippen LogP contribution in [0.2, 0.25) is 0 Å². The monoisotopic (exact) mass is 349 g/mol. The Bertz CT molecular complexity index is 966. The number of nitrogens with zero attached hydrogens (tertiary/aromatic N) is 4. The number of carboxylic acids is 1. The van der Waals surface area contributed by atoms with Gasteiger partial charge in [-0.3, -0.25) is 4.68 Å². The fraction of sp³-hybridized carbons (Fsp3) is 0.263. The van der Waals surface area contributed by atoms with E-state index in [1.165, 1.54) is 0 Å². The van der Waals surface area contributed by atoms with Crippen LogP contribution in [0.3, 0.4) is 0 Å². The quantitative estimate of drug-likeness (QED) is 0.731. The summed E-state index contributed by atoms with van der Waals surface area (Å²) in [6, 6.07) is 9.72. The molecule has 26 heavy (non-hydrogen) atoms. The van der Waals surface area contributed by atoms with Crippen molar-refractivity contribution < 1.29 is 9.90 Å². The van der Waals surface area contributed by atoms with Gasteiger partial charge in [0.2, 0.25) is 0 Å². The minimum atomic E-state index is -0.962. The van der Waals surface area contributed by atoms with Crippen LogP contribution in [0.15, 0.2) is 36.5 Å². The molecule has 0 saturated heterocycles. The molecule has 1 aliphatic carbocycles. The van der Waals surface area contributed by atoms with Crippen molar-refractivity contribution in [1.29, 1.82) is 0 Å². The summed E-state index contributed by atoms with van der Waals surface area (Å²) in [5, 5.41) is 14.2. The lowest BCUT2D eigenvalue weighted by Gasteiger charge is -2.15. The van der Waals surface area contributed by atoms with Gasteiger partial charge in [-0.2, -0.15) is 5.10 Å². The molecule has 3 N–H and O–H groups in total. The molecule has 3 aromatic rings. The molecule has 132 valence electrons. The Morgan fingerprint density at radius 1 is 1.19 bits per heavy atom. The number of hydrogen-bond acceptors (Lipinski definition) is 5. The second-order valence-electron chi connectivity index (χ2n) is 6.28. The molecule has 2 aromatic heterocycles. The van der Waals surface area contributed by atoms with Gasteiger partial charge in [-0.1, -0.05) is 30.3 Å². The van der Waals surface area contributed by atoms with Gasteiger partial charge in [0.1, 0.15) is 11.4 Å². The molecule has 0 bridgehead atoms. The van der Waals surface area contributed by atoms with E-state index in [1.807, 2.05) is 36.5 Å². The first-order chi connectivity index (χ1) is 12.7. The number of nitrogens with two attached hydrogens (primary N) is 1. The minimum Gasteiger partial charge on any atom is -0.477 e. The summed E-state index contributed by atoms with van der Waals surface area (Å²) in [4.78, 5) is 21.0. The molecule has 1 aromatic carbocycles. The van der Waals surface area contributed by atoms with Gasteiger partial charge in [0.15, 0.2) is 5.82 Å². The molecule has 4 rings (SSSR count). The normalized spacial score (nSPS) is 12.5. The molecule has 7 nitrogen and oxygen atoms in total. The van der Waals surface area contributed by atoms with E-state index in [0.29, 0.717) is 43.9 Å². The fourth-order valence-electron chi connectivity index (χ4n) is 3.35. The van der Waals surface area contributed by atoms with Gasteiger partial charge in [0.25, 0.3) is 0 Å². The van der Waals surface area contributed by atoms with Crippen molar-refractivity contribution in [3.63, 3.8) is 0 Å². The molecule has 0 unspecified atom stereocenters. The lowest BCUT2D eigenvalue weighted by atomic mass is 9.93. The predicted molar refractivity (Wildman–Crippen MR) is 96.7 cm³/mol. The molecule has 0 amide bonds. The Morgan fingerprint density at radius 2 is 2.00 bits per heavy atom. The number of carbonyl (C=O) groups is 1. The van der Waals surface area contributed by atoms with Crippen LogP contribution in [-0.2, 0) is 19.4 Å². The molecule has 0 aliphatic heterocycles. The van der Waals surface area contributed by atoms with Crippen LogP contribution in [0.1, 0.15) is 28.0 Å². The number of rotatable bonds is 5. The average Bonchev–Trinajstić information content (AvgIpc) is 3.05. The highest BCUT2D eigenvalue weighted by Gasteiger charge is 2.29. The SMILES string of the molecule is NCCCn1nc2c(c1C(=O)O)CCc1cnc(-c3ccccc3)nc1-2. The summed E-state index contributed by atoms with van der Waals surface area (Å²) in [5.74, 6) is -0.345. The third-order valence-corrected chi connectivity index (χ3v) is 4.59. The summed E-state index contributed by atoms with van der Waals surface area (Å²) in [6.45, 7) is 0.970. The van der Waals surface area contributed by atoms with Crippen LogP contribution >= 0.6 is 0 Å². The molecule has 0 spiro atoms. The van der Waals surface area contributed by atoms with Crippen LogP contribution < -0.4 is 5.73 Å². The number of benzene rings is 1. The Kier molecular flexibility index (Phi) is 4.22.